The molecule has 1 atom stereocenters. The minimum Gasteiger partial charge on any atom is -0.384 e. The SMILES string of the molecule is CN(Cc1nccc(N)n1)[C@@H]1CCCN(C(=O)c2cccn2C2CC2)CC1. The molecular formula is C20H28N6O. The van der Waals surface area contributed by atoms with Crippen LogP contribution >= 0.6 is 0 Å². The molecule has 0 bridgehead atoms. The van der Waals surface area contributed by atoms with E-state index in [9.17, 15) is 4.79 Å². The van der Waals surface area contributed by atoms with Gasteiger partial charge >= 0.3 is 0 Å². The molecule has 7 nitrogen and oxygen atoms in total. The molecule has 7 heteroatoms. The van der Waals surface area contributed by atoms with Gasteiger partial charge < -0.3 is 15.2 Å². The van der Waals surface area contributed by atoms with Crippen molar-refractivity contribution in [3.63, 3.8) is 0 Å². The van der Waals surface area contributed by atoms with Crippen LogP contribution < -0.4 is 5.73 Å². The molecule has 1 aliphatic heterocycles. The lowest BCUT2D eigenvalue weighted by atomic mass is 10.1. The van der Waals surface area contributed by atoms with E-state index in [-0.39, 0.29) is 5.91 Å². The number of aromatic nitrogens is 3. The Hall–Kier alpha value is -2.41. The summed E-state index contributed by atoms with van der Waals surface area (Å²) < 4.78 is 2.16. The summed E-state index contributed by atoms with van der Waals surface area (Å²) in [6.45, 7) is 2.30. The average molecular weight is 368 g/mol. The smallest absolute Gasteiger partial charge is 0.270 e. The summed E-state index contributed by atoms with van der Waals surface area (Å²) in [5.41, 5.74) is 6.60. The zero-order valence-electron chi connectivity index (χ0n) is 15.9. The maximum Gasteiger partial charge on any atom is 0.270 e. The van der Waals surface area contributed by atoms with Crippen LogP contribution in [0.2, 0.25) is 0 Å². The molecule has 2 aliphatic rings. The Morgan fingerprint density at radius 2 is 2.11 bits per heavy atom. The number of anilines is 1. The molecular weight excluding hydrogens is 340 g/mol. The van der Waals surface area contributed by atoms with Crippen molar-refractivity contribution in [1.82, 2.24) is 24.3 Å². The van der Waals surface area contributed by atoms with Gasteiger partial charge in [0.2, 0.25) is 0 Å². The van der Waals surface area contributed by atoms with Crippen molar-refractivity contribution in [3.8, 4) is 0 Å². The Bertz CT molecular complexity index is 799. The Labute approximate surface area is 160 Å². The van der Waals surface area contributed by atoms with Crippen LogP contribution in [0.5, 0.6) is 0 Å². The highest BCUT2D eigenvalue weighted by Crippen LogP contribution is 2.36. The number of nitrogens with zero attached hydrogens (tertiary/aromatic N) is 5. The molecule has 1 amide bonds. The van der Waals surface area contributed by atoms with Gasteiger partial charge in [0, 0.05) is 37.6 Å². The van der Waals surface area contributed by atoms with Crippen LogP contribution in [0.3, 0.4) is 0 Å². The van der Waals surface area contributed by atoms with Crippen LogP contribution in [0.25, 0.3) is 0 Å². The highest BCUT2D eigenvalue weighted by Gasteiger charge is 2.30. The van der Waals surface area contributed by atoms with Crippen LogP contribution in [0.1, 0.15) is 54.5 Å². The number of hydrogen-bond acceptors (Lipinski definition) is 5. The van der Waals surface area contributed by atoms with Gasteiger partial charge in [-0.15, -0.1) is 0 Å². The topological polar surface area (TPSA) is 80.3 Å². The van der Waals surface area contributed by atoms with Crippen molar-refractivity contribution >= 4 is 11.7 Å². The molecule has 3 heterocycles. The maximum atomic E-state index is 13.0. The zero-order chi connectivity index (χ0) is 18.8. The first kappa shape index (κ1) is 18.0. The fraction of sp³-hybridized carbons (Fsp3) is 0.550. The number of hydrogen-bond donors (Lipinski definition) is 1. The Morgan fingerprint density at radius 1 is 1.26 bits per heavy atom. The number of carbonyl (C=O) groups is 1. The maximum absolute atomic E-state index is 13.0. The van der Waals surface area contributed by atoms with Gasteiger partial charge in [0.05, 0.1) is 6.54 Å². The largest absolute Gasteiger partial charge is 0.384 e. The highest BCUT2D eigenvalue weighted by atomic mass is 16.2. The lowest BCUT2D eigenvalue weighted by Gasteiger charge is -2.26. The van der Waals surface area contributed by atoms with E-state index in [1.807, 2.05) is 23.2 Å². The summed E-state index contributed by atoms with van der Waals surface area (Å²) >= 11 is 0. The first-order chi connectivity index (χ1) is 13.1. The van der Waals surface area contributed by atoms with Crippen molar-refractivity contribution in [2.45, 2.75) is 50.7 Å². The minimum atomic E-state index is 0.175. The van der Waals surface area contributed by atoms with E-state index in [0.717, 1.165) is 43.9 Å². The van der Waals surface area contributed by atoms with Crippen LogP contribution in [0.4, 0.5) is 5.82 Å². The lowest BCUT2D eigenvalue weighted by Crippen LogP contribution is -2.35. The fourth-order valence-electron chi connectivity index (χ4n) is 3.97. The van der Waals surface area contributed by atoms with Crippen molar-refractivity contribution < 1.29 is 4.79 Å². The third-order valence-electron chi connectivity index (χ3n) is 5.66. The van der Waals surface area contributed by atoms with Gasteiger partial charge in [0.1, 0.15) is 17.3 Å². The van der Waals surface area contributed by atoms with Gasteiger partial charge in [-0.3, -0.25) is 9.69 Å². The zero-order valence-corrected chi connectivity index (χ0v) is 15.9. The van der Waals surface area contributed by atoms with Gasteiger partial charge in [-0.2, -0.15) is 0 Å². The van der Waals surface area contributed by atoms with Crippen molar-refractivity contribution in [3.05, 3.63) is 42.1 Å². The number of rotatable bonds is 5. The third kappa shape index (κ3) is 4.13. The second-order valence-corrected chi connectivity index (χ2v) is 7.72. The van der Waals surface area contributed by atoms with Gasteiger partial charge in [0.15, 0.2) is 0 Å². The summed E-state index contributed by atoms with van der Waals surface area (Å²) in [6, 6.07) is 6.61. The van der Waals surface area contributed by atoms with Crippen LogP contribution in [-0.2, 0) is 6.54 Å². The second kappa shape index (κ2) is 7.68. The first-order valence-corrected chi connectivity index (χ1v) is 9.85. The van der Waals surface area contributed by atoms with Crippen molar-refractivity contribution in [2.75, 3.05) is 25.9 Å². The number of likely N-dealkylation sites (tertiary alicyclic amines) is 1. The van der Waals surface area contributed by atoms with E-state index >= 15 is 0 Å². The summed E-state index contributed by atoms with van der Waals surface area (Å²) in [7, 11) is 2.10. The molecule has 0 radical (unpaired) electrons. The van der Waals surface area contributed by atoms with E-state index in [4.69, 9.17) is 5.73 Å². The molecule has 1 saturated carbocycles. The highest BCUT2D eigenvalue weighted by molar-refractivity contribution is 5.92. The lowest BCUT2D eigenvalue weighted by molar-refractivity contribution is 0.0746. The standard InChI is InChI=1S/C20H28N6O/c1-24(14-19-22-10-8-18(21)23-19)15-4-2-11-25(13-9-15)20(27)17-5-3-12-26(17)16-6-7-16/h3,5,8,10,12,15-16H,2,4,6-7,9,11,13-14H2,1H3,(H2,21,22,23)/t15-/m1/s1. The summed E-state index contributed by atoms with van der Waals surface area (Å²) in [5, 5.41) is 0. The summed E-state index contributed by atoms with van der Waals surface area (Å²) in [5.74, 6) is 1.43. The van der Waals surface area contributed by atoms with E-state index in [1.165, 1.54) is 12.8 Å². The Balaban J connectivity index is 1.37. The van der Waals surface area contributed by atoms with Gasteiger partial charge in [-0.1, -0.05) is 0 Å². The van der Waals surface area contributed by atoms with Crippen LogP contribution in [-0.4, -0.2) is 56.4 Å². The molecule has 27 heavy (non-hydrogen) atoms. The minimum absolute atomic E-state index is 0.175. The molecule has 2 fully saturated rings. The van der Waals surface area contributed by atoms with Gasteiger partial charge in [0.25, 0.3) is 5.91 Å². The Morgan fingerprint density at radius 3 is 2.89 bits per heavy atom. The van der Waals surface area contributed by atoms with E-state index in [0.29, 0.717) is 24.4 Å². The molecule has 2 N–H and O–H groups in total. The average Bonchev–Trinajstić information content (AvgIpc) is 3.43. The molecule has 0 aromatic carbocycles. The second-order valence-electron chi connectivity index (χ2n) is 7.72. The quantitative estimate of drug-likeness (QED) is 0.876. The summed E-state index contributed by atoms with van der Waals surface area (Å²) in [4.78, 5) is 25.9. The fourth-order valence-corrected chi connectivity index (χ4v) is 3.97. The molecule has 144 valence electrons. The number of carbonyl (C=O) groups excluding carboxylic acids is 1. The normalized spacial score (nSPS) is 20.7. The monoisotopic (exact) mass is 368 g/mol. The number of nitrogen functional groups attached to an aromatic ring is 1. The molecule has 2 aromatic rings. The van der Waals surface area contributed by atoms with Crippen molar-refractivity contribution in [1.29, 1.82) is 0 Å². The van der Waals surface area contributed by atoms with Crippen LogP contribution in [0, 0.1) is 0 Å². The number of amides is 1. The first-order valence-electron chi connectivity index (χ1n) is 9.85. The molecule has 0 unspecified atom stereocenters. The number of nitrogens with two attached hydrogens (primary N) is 1. The van der Waals surface area contributed by atoms with Crippen molar-refractivity contribution in [2.24, 2.45) is 0 Å². The predicted octanol–water partition coefficient (Wildman–Crippen LogP) is 2.32. The van der Waals surface area contributed by atoms with E-state index in [2.05, 4.69) is 26.5 Å². The predicted molar refractivity (Wildman–Crippen MR) is 104 cm³/mol. The Kier molecular flexibility index (Phi) is 5.11. The molecule has 2 aromatic heterocycles. The molecule has 4 rings (SSSR count). The molecule has 1 aliphatic carbocycles. The summed E-state index contributed by atoms with van der Waals surface area (Å²) in [6.07, 6.45) is 9.18. The third-order valence-corrected chi connectivity index (χ3v) is 5.66. The molecule has 0 spiro atoms. The van der Waals surface area contributed by atoms with Gasteiger partial charge in [-0.25, -0.2) is 9.97 Å². The van der Waals surface area contributed by atoms with E-state index in [1.54, 1.807) is 12.3 Å². The molecule has 1 saturated heterocycles. The van der Waals surface area contributed by atoms with Gasteiger partial charge in [-0.05, 0) is 57.4 Å². The van der Waals surface area contributed by atoms with E-state index < -0.39 is 0 Å². The van der Waals surface area contributed by atoms with Crippen LogP contribution in [0.15, 0.2) is 30.6 Å².